The van der Waals surface area contributed by atoms with Gasteiger partial charge in [0.15, 0.2) is 0 Å². The van der Waals surface area contributed by atoms with Crippen molar-refractivity contribution in [2.75, 3.05) is 0 Å². The Kier molecular flexibility index (Phi) is 3.49. The van der Waals surface area contributed by atoms with Gasteiger partial charge in [0.25, 0.3) is 5.91 Å². The number of carbonyl (C=O) groups excluding carboxylic acids is 1. The van der Waals surface area contributed by atoms with Crippen molar-refractivity contribution in [3.8, 4) is 0 Å². The fourth-order valence-electron chi connectivity index (χ4n) is 1.36. The number of hydrogen-bond donors (Lipinski definition) is 1. The summed E-state index contributed by atoms with van der Waals surface area (Å²) in [7, 11) is 0. The first kappa shape index (κ1) is 11.7. The predicted molar refractivity (Wildman–Crippen MR) is 61.8 cm³/mol. The third kappa shape index (κ3) is 2.68. The molecule has 0 bridgehead atoms. The number of amides is 1. The number of benzene rings is 1. The molecule has 5 heteroatoms. The third-order valence-electron chi connectivity index (χ3n) is 2.23. The van der Waals surface area contributed by atoms with E-state index in [-0.39, 0.29) is 18.0 Å². The van der Waals surface area contributed by atoms with Crippen molar-refractivity contribution < 1.29 is 13.6 Å². The van der Waals surface area contributed by atoms with Gasteiger partial charge < -0.3 is 5.32 Å². The topological polar surface area (TPSA) is 29.1 Å². The highest BCUT2D eigenvalue weighted by molar-refractivity contribution is 7.12. The van der Waals surface area contributed by atoms with Crippen LogP contribution < -0.4 is 5.32 Å². The molecule has 17 heavy (non-hydrogen) atoms. The van der Waals surface area contributed by atoms with E-state index >= 15 is 0 Å². The Bertz CT molecular complexity index is 505. The maximum atomic E-state index is 13.3. The fraction of sp³-hybridized carbons (Fsp3) is 0.0833. The lowest BCUT2D eigenvalue weighted by Crippen LogP contribution is -2.23. The molecule has 1 heterocycles. The lowest BCUT2D eigenvalue weighted by Gasteiger charge is -2.06. The fourth-order valence-corrected chi connectivity index (χ4v) is 2.00. The average molecular weight is 253 g/mol. The van der Waals surface area contributed by atoms with Crippen LogP contribution in [0.5, 0.6) is 0 Å². The minimum absolute atomic E-state index is 0.127. The number of hydrogen-bond acceptors (Lipinski definition) is 2. The summed E-state index contributed by atoms with van der Waals surface area (Å²) in [5, 5.41) is 4.24. The molecule has 0 fully saturated rings. The number of halogens is 2. The monoisotopic (exact) mass is 253 g/mol. The molecule has 0 saturated heterocycles. The summed E-state index contributed by atoms with van der Waals surface area (Å²) in [5.41, 5.74) is -0.127. The van der Waals surface area contributed by atoms with Crippen LogP contribution in [0.4, 0.5) is 8.78 Å². The molecule has 0 aliphatic carbocycles. The minimum atomic E-state index is -0.656. The second kappa shape index (κ2) is 5.05. The van der Waals surface area contributed by atoms with E-state index in [2.05, 4.69) is 5.32 Å². The van der Waals surface area contributed by atoms with Crippen molar-refractivity contribution in [3.05, 3.63) is 57.8 Å². The number of thiophene rings is 1. The maximum absolute atomic E-state index is 13.3. The zero-order valence-corrected chi connectivity index (χ0v) is 9.56. The molecule has 2 aromatic rings. The predicted octanol–water partition coefficient (Wildman–Crippen LogP) is 2.96. The summed E-state index contributed by atoms with van der Waals surface area (Å²) in [4.78, 5) is 12.1. The first-order valence-electron chi connectivity index (χ1n) is 4.93. The Balaban J connectivity index is 2.06. The largest absolute Gasteiger partial charge is 0.347 e. The van der Waals surface area contributed by atoms with Gasteiger partial charge in [-0.3, -0.25) is 4.79 Å². The van der Waals surface area contributed by atoms with Gasteiger partial charge in [0.2, 0.25) is 0 Å². The van der Waals surface area contributed by atoms with Crippen LogP contribution in [0.15, 0.2) is 35.7 Å². The summed E-state index contributed by atoms with van der Waals surface area (Å²) in [5.74, 6) is -1.64. The molecule has 2 nitrogen and oxygen atoms in total. The van der Waals surface area contributed by atoms with E-state index in [4.69, 9.17) is 0 Å². The first-order chi connectivity index (χ1) is 8.18. The van der Waals surface area contributed by atoms with Gasteiger partial charge in [-0.15, -0.1) is 11.3 Å². The Morgan fingerprint density at radius 2 is 1.88 bits per heavy atom. The highest BCUT2D eigenvalue weighted by Crippen LogP contribution is 2.13. The highest BCUT2D eigenvalue weighted by atomic mass is 32.1. The van der Waals surface area contributed by atoms with Crippen molar-refractivity contribution in [2.45, 2.75) is 6.54 Å². The van der Waals surface area contributed by atoms with Crippen molar-refractivity contribution in [1.82, 2.24) is 5.32 Å². The highest BCUT2D eigenvalue weighted by Gasteiger charge is 2.11. The van der Waals surface area contributed by atoms with Gasteiger partial charge in [-0.2, -0.15) is 0 Å². The average Bonchev–Trinajstić information content (AvgIpc) is 2.81. The number of rotatable bonds is 3. The van der Waals surface area contributed by atoms with Crippen LogP contribution in [0.1, 0.15) is 15.2 Å². The van der Waals surface area contributed by atoms with Gasteiger partial charge in [0, 0.05) is 12.1 Å². The normalized spacial score (nSPS) is 10.2. The van der Waals surface area contributed by atoms with E-state index in [1.807, 2.05) is 0 Å². The zero-order chi connectivity index (χ0) is 12.3. The van der Waals surface area contributed by atoms with Crippen LogP contribution in [0.25, 0.3) is 0 Å². The first-order valence-corrected chi connectivity index (χ1v) is 5.81. The molecule has 0 saturated carbocycles. The van der Waals surface area contributed by atoms with E-state index in [1.165, 1.54) is 17.4 Å². The van der Waals surface area contributed by atoms with Crippen molar-refractivity contribution >= 4 is 17.2 Å². The van der Waals surface area contributed by atoms with E-state index in [1.54, 1.807) is 17.5 Å². The Hall–Kier alpha value is -1.75. The Morgan fingerprint density at radius 1 is 1.18 bits per heavy atom. The molecule has 0 spiro atoms. The molecule has 0 radical (unpaired) electrons. The summed E-state index contributed by atoms with van der Waals surface area (Å²) in [6, 6.07) is 7.00. The van der Waals surface area contributed by atoms with E-state index in [0.717, 1.165) is 12.1 Å². The SMILES string of the molecule is O=C(NCc1c(F)cccc1F)c1cccs1. The lowest BCUT2D eigenvalue weighted by atomic mass is 10.2. The van der Waals surface area contributed by atoms with E-state index < -0.39 is 11.6 Å². The van der Waals surface area contributed by atoms with Gasteiger partial charge >= 0.3 is 0 Å². The quantitative estimate of drug-likeness (QED) is 0.895. The van der Waals surface area contributed by atoms with Gasteiger partial charge in [-0.05, 0) is 23.6 Å². The molecule has 1 aromatic carbocycles. The molecule has 2 rings (SSSR count). The zero-order valence-electron chi connectivity index (χ0n) is 8.74. The maximum Gasteiger partial charge on any atom is 0.261 e. The van der Waals surface area contributed by atoms with Crippen molar-refractivity contribution in [2.24, 2.45) is 0 Å². The second-order valence-corrected chi connectivity index (χ2v) is 4.31. The molecule has 1 amide bonds. The van der Waals surface area contributed by atoms with Gasteiger partial charge in [-0.1, -0.05) is 12.1 Å². The number of nitrogens with one attached hydrogen (secondary N) is 1. The summed E-state index contributed by atoms with van der Waals surface area (Å²) in [6.07, 6.45) is 0. The molecule has 1 aromatic heterocycles. The van der Waals surface area contributed by atoms with Crippen molar-refractivity contribution in [1.29, 1.82) is 0 Å². The molecule has 0 aliphatic heterocycles. The van der Waals surface area contributed by atoms with E-state index in [9.17, 15) is 13.6 Å². The van der Waals surface area contributed by atoms with Crippen LogP contribution >= 0.6 is 11.3 Å². The van der Waals surface area contributed by atoms with Crippen LogP contribution in [0, 0.1) is 11.6 Å². The Labute approximate surface area is 101 Å². The molecule has 0 unspecified atom stereocenters. The summed E-state index contributed by atoms with van der Waals surface area (Å²) < 4.78 is 26.5. The molecule has 88 valence electrons. The molecular formula is C12H9F2NOS. The molecule has 1 N–H and O–H groups in total. The summed E-state index contributed by atoms with van der Waals surface area (Å²) >= 11 is 1.28. The molecular weight excluding hydrogens is 244 g/mol. The smallest absolute Gasteiger partial charge is 0.261 e. The summed E-state index contributed by atoms with van der Waals surface area (Å²) in [6.45, 7) is -0.158. The standard InChI is InChI=1S/C12H9F2NOS/c13-9-3-1-4-10(14)8(9)7-15-12(16)11-5-2-6-17-11/h1-6H,7H2,(H,15,16). The second-order valence-electron chi connectivity index (χ2n) is 3.36. The van der Waals surface area contributed by atoms with Crippen LogP contribution in [0.3, 0.4) is 0 Å². The number of carbonyl (C=O) groups is 1. The lowest BCUT2D eigenvalue weighted by molar-refractivity contribution is 0.0954. The molecule has 0 aliphatic rings. The van der Waals surface area contributed by atoms with Gasteiger partial charge in [0.1, 0.15) is 11.6 Å². The molecule has 0 atom stereocenters. The van der Waals surface area contributed by atoms with E-state index in [0.29, 0.717) is 4.88 Å². The van der Waals surface area contributed by atoms with Crippen LogP contribution in [0.2, 0.25) is 0 Å². The van der Waals surface area contributed by atoms with Gasteiger partial charge in [0.05, 0.1) is 4.88 Å². The minimum Gasteiger partial charge on any atom is -0.347 e. The van der Waals surface area contributed by atoms with Crippen LogP contribution in [-0.2, 0) is 6.54 Å². The van der Waals surface area contributed by atoms with Crippen molar-refractivity contribution in [3.63, 3.8) is 0 Å². The van der Waals surface area contributed by atoms with Crippen LogP contribution in [-0.4, -0.2) is 5.91 Å². The third-order valence-corrected chi connectivity index (χ3v) is 3.10. The van der Waals surface area contributed by atoms with Gasteiger partial charge in [-0.25, -0.2) is 8.78 Å². The Morgan fingerprint density at radius 3 is 2.47 bits per heavy atom.